The molecule has 1 unspecified atom stereocenters. The lowest BCUT2D eigenvalue weighted by atomic mass is 10.1. The zero-order chi connectivity index (χ0) is 14.2. The molecular weight excluding hydrogens is 384 g/mol. The summed E-state index contributed by atoms with van der Waals surface area (Å²) in [5.41, 5.74) is 1.28. The van der Waals surface area contributed by atoms with Gasteiger partial charge in [-0.1, -0.05) is 0 Å². The number of aliphatic hydroxyl groups excluding tert-OH is 4. The van der Waals surface area contributed by atoms with Crippen molar-refractivity contribution in [3.05, 3.63) is 26.9 Å². The molecule has 0 amide bonds. The molecule has 2 aromatic rings. The van der Waals surface area contributed by atoms with Crippen LogP contribution >= 0.6 is 31.9 Å². The second-order valence-corrected chi connectivity index (χ2v) is 5.80. The smallest absolute Gasteiger partial charge is 0.140 e. The van der Waals surface area contributed by atoms with Crippen molar-refractivity contribution in [1.82, 2.24) is 9.97 Å². The molecule has 1 heterocycles. The van der Waals surface area contributed by atoms with Crippen LogP contribution < -0.4 is 0 Å². The fourth-order valence-electron chi connectivity index (χ4n) is 1.64. The molecule has 6 nitrogen and oxygen atoms in total. The Morgan fingerprint density at radius 1 is 1.16 bits per heavy atom. The predicted octanol–water partition coefficient (Wildman–Crippen LogP) is 0.835. The molecule has 3 atom stereocenters. The number of fused-ring (bicyclic) bond motifs is 1. The molecule has 0 fully saturated rings. The van der Waals surface area contributed by atoms with E-state index in [2.05, 4.69) is 41.8 Å². The van der Waals surface area contributed by atoms with Crippen molar-refractivity contribution in [1.29, 1.82) is 0 Å². The average Bonchev–Trinajstić information content (AvgIpc) is 2.79. The van der Waals surface area contributed by atoms with Crippen LogP contribution in [-0.2, 0) is 0 Å². The minimum Gasteiger partial charge on any atom is -0.394 e. The van der Waals surface area contributed by atoms with E-state index in [0.717, 1.165) is 8.95 Å². The summed E-state index contributed by atoms with van der Waals surface area (Å²) in [5.74, 6) is 0.125. The van der Waals surface area contributed by atoms with Crippen molar-refractivity contribution < 1.29 is 20.4 Å². The van der Waals surface area contributed by atoms with E-state index in [1.165, 1.54) is 0 Å². The molecule has 1 aromatic heterocycles. The van der Waals surface area contributed by atoms with Crippen LogP contribution in [0, 0.1) is 0 Å². The van der Waals surface area contributed by atoms with E-state index in [1.54, 1.807) is 12.1 Å². The molecule has 5 N–H and O–H groups in total. The summed E-state index contributed by atoms with van der Waals surface area (Å²) in [6, 6.07) is 3.53. The molecule has 0 radical (unpaired) electrons. The minimum absolute atomic E-state index is 0.125. The number of hydrogen-bond acceptors (Lipinski definition) is 5. The highest BCUT2D eigenvalue weighted by molar-refractivity contribution is 9.13. The Kier molecular flexibility index (Phi) is 4.59. The molecule has 104 valence electrons. The van der Waals surface area contributed by atoms with Gasteiger partial charge in [-0.15, -0.1) is 0 Å². The summed E-state index contributed by atoms with van der Waals surface area (Å²) in [5, 5.41) is 37.6. The molecule has 0 aliphatic rings. The van der Waals surface area contributed by atoms with Crippen LogP contribution in [0.15, 0.2) is 21.1 Å². The fraction of sp³-hybridized carbons (Fsp3) is 0.364. The van der Waals surface area contributed by atoms with Crippen LogP contribution in [0.5, 0.6) is 0 Å². The first-order valence-corrected chi connectivity index (χ1v) is 7.02. The van der Waals surface area contributed by atoms with Gasteiger partial charge in [-0.25, -0.2) is 4.98 Å². The zero-order valence-corrected chi connectivity index (χ0v) is 12.8. The largest absolute Gasteiger partial charge is 0.394 e. The predicted molar refractivity (Wildman–Crippen MR) is 75.6 cm³/mol. The van der Waals surface area contributed by atoms with Gasteiger partial charge in [0.05, 0.1) is 17.6 Å². The monoisotopic (exact) mass is 394 g/mol. The number of aromatic amines is 1. The maximum absolute atomic E-state index is 9.89. The van der Waals surface area contributed by atoms with Gasteiger partial charge in [0.1, 0.15) is 24.1 Å². The maximum Gasteiger partial charge on any atom is 0.140 e. The fourth-order valence-corrected chi connectivity index (χ4v) is 2.32. The van der Waals surface area contributed by atoms with Gasteiger partial charge in [0, 0.05) is 8.95 Å². The summed E-state index contributed by atoms with van der Waals surface area (Å²) in [6.07, 6.45) is -4.36. The summed E-state index contributed by atoms with van der Waals surface area (Å²) in [7, 11) is 0. The Morgan fingerprint density at radius 2 is 1.79 bits per heavy atom. The molecule has 19 heavy (non-hydrogen) atoms. The number of benzene rings is 1. The van der Waals surface area contributed by atoms with Gasteiger partial charge in [-0.3, -0.25) is 0 Å². The van der Waals surface area contributed by atoms with Crippen molar-refractivity contribution in [3.63, 3.8) is 0 Å². The van der Waals surface area contributed by atoms with Crippen LogP contribution in [0.2, 0.25) is 0 Å². The number of imidazole rings is 1. The molecule has 2 rings (SSSR count). The molecule has 0 bridgehead atoms. The van der Waals surface area contributed by atoms with Crippen molar-refractivity contribution in [2.75, 3.05) is 6.61 Å². The van der Waals surface area contributed by atoms with Gasteiger partial charge in [-0.2, -0.15) is 0 Å². The molecule has 8 heteroatoms. The number of aliphatic hydroxyl groups is 4. The van der Waals surface area contributed by atoms with Crippen molar-refractivity contribution in [2.45, 2.75) is 18.3 Å². The average molecular weight is 396 g/mol. The van der Waals surface area contributed by atoms with E-state index in [0.29, 0.717) is 11.0 Å². The standard InChI is InChI=1S/C11H12Br2N2O4/c12-4-1-6-7(2-5(4)13)15-11(14-6)10(19)9(18)8(17)3-16/h1-2,8-10,16-19H,3H2,(H,14,15)/t8-,9?,10-/m1/s1. The van der Waals surface area contributed by atoms with Crippen LogP contribution in [0.1, 0.15) is 11.9 Å². The van der Waals surface area contributed by atoms with Gasteiger partial charge in [0.15, 0.2) is 0 Å². The minimum atomic E-state index is -1.52. The van der Waals surface area contributed by atoms with Gasteiger partial charge in [-0.05, 0) is 44.0 Å². The second kappa shape index (κ2) is 5.86. The van der Waals surface area contributed by atoms with E-state index in [1.807, 2.05) is 0 Å². The lowest BCUT2D eigenvalue weighted by Gasteiger charge is -2.19. The van der Waals surface area contributed by atoms with Crippen LogP contribution in [-0.4, -0.2) is 49.2 Å². The third kappa shape index (κ3) is 2.99. The van der Waals surface area contributed by atoms with Crippen LogP contribution in [0.25, 0.3) is 11.0 Å². The normalized spacial score (nSPS) is 16.5. The molecular formula is C11H12Br2N2O4. The van der Waals surface area contributed by atoms with Crippen molar-refractivity contribution in [3.8, 4) is 0 Å². The van der Waals surface area contributed by atoms with E-state index < -0.39 is 24.9 Å². The lowest BCUT2D eigenvalue weighted by Crippen LogP contribution is -2.35. The van der Waals surface area contributed by atoms with Gasteiger partial charge in [0.2, 0.25) is 0 Å². The molecule has 1 aromatic carbocycles. The third-order valence-electron chi connectivity index (χ3n) is 2.73. The first kappa shape index (κ1) is 14.9. The van der Waals surface area contributed by atoms with Gasteiger partial charge >= 0.3 is 0 Å². The van der Waals surface area contributed by atoms with E-state index in [-0.39, 0.29) is 5.82 Å². The summed E-state index contributed by atoms with van der Waals surface area (Å²) in [4.78, 5) is 7.00. The van der Waals surface area contributed by atoms with Crippen molar-refractivity contribution >= 4 is 42.9 Å². The Morgan fingerprint density at radius 3 is 2.42 bits per heavy atom. The summed E-state index contributed by atoms with van der Waals surface area (Å²) >= 11 is 6.69. The highest BCUT2D eigenvalue weighted by Gasteiger charge is 2.27. The van der Waals surface area contributed by atoms with Gasteiger partial charge in [0.25, 0.3) is 0 Å². The number of hydrogen-bond donors (Lipinski definition) is 5. The number of aromatic nitrogens is 2. The second-order valence-electron chi connectivity index (χ2n) is 4.09. The van der Waals surface area contributed by atoms with E-state index in [9.17, 15) is 15.3 Å². The number of nitrogens with zero attached hydrogens (tertiary/aromatic N) is 1. The van der Waals surface area contributed by atoms with Crippen LogP contribution in [0.4, 0.5) is 0 Å². The highest BCUT2D eigenvalue weighted by atomic mass is 79.9. The quantitative estimate of drug-likeness (QED) is 0.526. The molecule has 0 spiro atoms. The highest BCUT2D eigenvalue weighted by Crippen LogP contribution is 2.29. The Labute approximate surface area is 125 Å². The Hall–Kier alpha value is -0.510. The van der Waals surface area contributed by atoms with Crippen LogP contribution in [0.3, 0.4) is 0 Å². The SMILES string of the molecule is OC[C@@H](O)C(O)[C@@H](O)c1nc2cc(Br)c(Br)cc2[nH]1. The molecule has 0 aliphatic heterocycles. The number of rotatable bonds is 4. The first-order valence-electron chi connectivity index (χ1n) is 5.43. The first-order chi connectivity index (χ1) is 8.93. The molecule has 0 saturated heterocycles. The summed E-state index contributed by atoms with van der Waals surface area (Å²) < 4.78 is 1.63. The molecule has 0 aliphatic carbocycles. The Balaban J connectivity index is 2.35. The Bertz CT molecular complexity index is 550. The lowest BCUT2D eigenvalue weighted by molar-refractivity contribution is -0.0800. The van der Waals surface area contributed by atoms with Gasteiger partial charge < -0.3 is 25.4 Å². The van der Waals surface area contributed by atoms with E-state index >= 15 is 0 Å². The van der Waals surface area contributed by atoms with E-state index in [4.69, 9.17) is 5.11 Å². The summed E-state index contributed by atoms with van der Waals surface area (Å²) in [6.45, 7) is -0.643. The number of halogens is 2. The number of nitrogens with one attached hydrogen (secondary N) is 1. The van der Waals surface area contributed by atoms with Crippen molar-refractivity contribution in [2.24, 2.45) is 0 Å². The zero-order valence-electron chi connectivity index (χ0n) is 9.59. The number of H-pyrrole nitrogens is 1. The molecule has 0 saturated carbocycles. The maximum atomic E-state index is 9.89. The third-order valence-corrected chi connectivity index (χ3v) is 4.57. The topological polar surface area (TPSA) is 110 Å².